The molecule has 1 aliphatic rings. The van der Waals surface area contributed by atoms with Crippen LogP contribution in [0.25, 0.3) is 0 Å². The van der Waals surface area contributed by atoms with Crippen molar-refractivity contribution in [2.75, 3.05) is 32.9 Å². The molecule has 1 aromatic carbocycles. The number of carbonyl (C=O) groups is 1. The second-order valence-electron chi connectivity index (χ2n) is 4.77. The van der Waals surface area contributed by atoms with Crippen molar-refractivity contribution in [3.8, 4) is 5.75 Å². The van der Waals surface area contributed by atoms with Crippen LogP contribution in [-0.4, -0.2) is 54.9 Å². The minimum atomic E-state index is -0.640. The van der Waals surface area contributed by atoms with Gasteiger partial charge in [0.15, 0.2) is 6.61 Å². The summed E-state index contributed by atoms with van der Waals surface area (Å²) in [5, 5.41) is 10.2. The Morgan fingerprint density at radius 2 is 2.40 bits per heavy atom. The van der Waals surface area contributed by atoms with Crippen molar-refractivity contribution in [1.29, 1.82) is 0 Å². The van der Waals surface area contributed by atoms with E-state index in [1.165, 1.54) is 0 Å². The second kappa shape index (κ2) is 6.92. The second-order valence-corrected chi connectivity index (χ2v) is 5.20. The van der Waals surface area contributed by atoms with Crippen molar-refractivity contribution in [3.63, 3.8) is 0 Å². The number of aliphatic hydroxyl groups excluding tert-OH is 1. The van der Waals surface area contributed by atoms with E-state index in [1.54, 1.807) is 23.1 Å². The molecule has 1 heterocycles. The Morgan fingerprint density at radius 3 is 3.15 bits per heavy atom. The molecule has 0 radical (unpaired) electrons. The highest BCUT2D eigenvalue weighted by molar-refractivity contribution is 6.30. The highest BCUT2D eigenvalue weighted by Gasteiger charge is 2.21. The number of halogens is 1. The largest absolute Gasteiger partial charge is 0.483 e. The van der Waals surface area contributed by atoms with E-state index in [9.17, 15) is 9.90 Å². The van der Waals surface area contributed by atoms with E-state index in [0.717, 1.165) is 5.56 Å². The maximum Gasteiger partial charge on any atom is 0.260 e. The van der Waals surface area contributed by atoms with Gasteiger partial charge in [-0.25, -0.2) is 0 Å². The Labute approximate surface area is 123 Å². The van der Waals surface area contributed by atoms with E-state index >= 15 is 0 Å². The van der Waals surface area contributed by atoms with Gasteiger partial charge in [-0.3, -0.25) is 4.79 Å². The lowest BCUT2D eigenvalue weighted by Gasteiger charge is -2.21. The fraction of sp³-hybridized carbons (Fsp3) is 0.500. The zero-order valence-corrected chi connectivity index (χ0v) is 12.1. The number of carbonyl (C=O) groups excluding carboxylic acids is 1. The lowest BCUT2D eigenvalue weighted by molar-refractivity contribution is -0.134. The van der Waals surface area contributed by atoms with Gasteiger partial charge in [-0.05, 0) is 30.7 Å². The van der Waals surface area contributed by atoms with Gasteiger partial charge in [0, 0.05) is 18.1 Å². The van der Waals surface area contributed by atoms with Crippen LogP contribution in [0.4, 0.5) is 0 Å². The van der Waals surface area contributed by atoms with Crippen molar-refractivity contribution >= 4 is 17.5 Å². The quantitative estimate of drug-likeness (QED) is 0.912. The summed E-state index contributed by atoms with van der Waals surface area (Å²) < 4.78 is 10.7. The Morgan fingerprint density at radius 1 is 1.60 bits per heavy atom. The van der Waals surface area contributed by atoms with Gasteiger partial charge in [-0.15, -0.1) is 0 Å². The number of hydrogen-bond acceptors (Lipinski definition) is 4. The SMILES string of the molecule is Cc1cc(Cl)ccc1OCC(=O)N1CCOCC(O)C1. The maximum atomic E-state index is 12.1. The highest BCUT2D eigenvalue weighted by atomic mass is 35.5. The summed E-state index contributed by atoms with van der Waals surface area (Å²) in [6, 6.07) is 5.24. The van der Waals surface area contributed by atoms with Gasteiger partial charge < -0.3 is 19.5 Å². The van der Waals surface area contributed by atoms with E-state index in [1.807, 2.05) is 6.92 Å². The van der Waals surface area contributed by atoms with E-state index < -0.39 is 6.10 Å². The molecular formula is C14H18ClNO4. The number of benzene rings is 1. The number of amides is 1. The van der Waals surface area contributed by atoms with E-state index in [-0.39, 0.29) is 25.7 Å². The summed E-state index contributed by atoms with van der Waals surface area (Å²) in [4.78, 5) is 13.6. The molecule has 0 spiro atoms. The third kappa shape index (κ3) is 4.10. The Kier molecular flexibility index (Phi) is 5.23. The molecular weight excluding hydrogens is 282 g/mol. The van der Waals surface area contributed by atoms with E-state index in [2.05, 4.69) is 0 Å². The topological polar surface area (TPSA) is 59.0 Å². The average Bonchev–Trinajstić information content (AvgIpc) is 2.62. The zero-order valence-electron chi connectivity index (χ0n) is 11.3. The number of rotatable bonds is 3. The number of aliphatic hydroxyl groups is 1. The van der Waals surface area contributed by atoms with Crippen LogP contribution in [0.1, 0.15) is 5.56 Å². The molecule has 20 heavy (non-hydrogen) atoms. The Hall–Kier alpha value is -1.30. The van der Waals surface area contributed by atoms with Crippen molar-refractivity contribution in [2.45, 2.75) is 13.0 Å². The molecule has 0 aromatic heterocycles. The van der Waals surface area contributed by atoms with Gasteiger partial charge in [0.05, 0.1) is 19.3 Å². The molecule has 110 valence electrons. The fourth-order valence-corrected chi connectivity index (χ4v) is 2.25. The van der Waals surface area contributed by atoms with Gasteiger partial charge in [0.25, 0.3) is 5.91 Å². The van der Waals surface area contributed by atoms with Gasteiger partial charge in [0.1, 0.15) is 5.75 Å². The molecule has 1 aromatic rings. The van der Waals surface area contributed by atoms with Crippen molar-refractivity contribution < 1.29 is 19.4 Å². The minimum Gasteiger partial charge on any atom is -0.483 e. The molecule has 2 rings (SSSR count). The summed E-state index contributed by atoms with van der Waals surface area (Å²) in [5.74, 6) is 0.471. The van der Waals surface area contributed by atoms with Crippen LogP contribution in [0.5, 0.6) is 5.75 Å². The van der Waals surface area contributed by atoms with Crippen LogP contribution in [0, 0.1) is 6.92 Å². The predicted octanol–water partition coefficient (Wildman–Crippen LogP) is 1.25. The molecule has 1 aliphatic heterocycles. The molecule has 1 fully saturated rings. The Balaban J connectivity index is 1.91. The third-order valence-corrected chi connectivity index (χ3v) is 3.32. The molecule has 5 nitrogen and oxygen atoms in total. The Bertz CT molecular complexity index is 480. The third-order valence-electron chi connectivity index (χ3n) is 3.09. The summed E-state index contributed by atoms with van der Waals surface area (Å²) in [6.45, 7) is 3.26. The van der Waals surface area contributed by atoms with Crippen molar-refractivity contribution in [2.24, 2.45) is 0 Å². The number of hydrogen-bond donors (Lipinski definition) is 1. The van der Waals surface area contributed by atoms with E-state index in [4.69, 9.17) is 21.1 Å². The molecule has 1 N–H and O–H groups in total. The first kappa shape index (κ1) is 15.1. The first-order chi connectivity index (χ1) is 9.56. The van der Waals surface area contributed by atoms with Crippen LogP contribution in [0.2, 0.25) is 5.02 Å². The smallest absolute Gasteiger partial charge is 0.260 e. The first-order valence-corrected chi connectivity index (χ1v) is 6.86. The molecule has 1 atom stereocenters. The minimum absolute atomic E-state index is 0.0603. The van der Waals surface area contributed by atoms with Crippen molar-refractivity contribution in [1.82, 2.24) is 4.90 Å². The summed E-state index contributed by atoms with van der Waals surface area (Å²) in [5.41, 5.74) is 0.879. The van der Waals surface area contributed by atoms with Crippen LogP contribution in [0.3, 0.4) is 0 Å². The van der Waals surface area contributed by atoms with Crippen LogP contribution >= 0.6 is 11.6 Å². The molecule has 0 aliphatic carbocycles. The van der Waals surface area contributed by atoms with E-state index in [0.29, 0.717) is 23.9 Å². The standard InChI is InChI=1S/C14H18ClNO4/c1-10-6-11(15)2-3-13(10)20-9-14(18)16-4-5-19-8-12(17)7-16/h2-3,6,12,17H,4-5,7-9H2,1H3. The normalized spacial score (nSPS) is 19.6. The fourth-order valence-electron chi connectivity index (χ4n) is 2.02. The average molecular weight is 300 g/mol. The van der Waals surface area contributed by atoms with Crippen LogP contribution in [-0.2, 0) is 9.53 Å². The molecule has 1 saturated heterocycles. The first-order valence-electron chi connectivity index (χ1n) is 6.49. The van der Waals surface area contributed by atoms with Gasteiger partial charge in [0.2, 0.25) is 0 Å². The molecule has 0 saturated carbocycles. The maximum absolute atomic E-state index is 12.1. The lowest BCUT2D eigenvalue weighted by atomic mass is 10.2. The van der Waals surface area contributed by atoms with Crippen molar-refractivity contribution in [3.05, 3.63) is 28.8 Å². The summed E-state index contributed by atoms with van der Waals surface area (Å²) in [6.07, 6.45) is -0.640. The molecule has 0 bridgehead atoms. The van der Waals surface area contributed by atoms with Crippen LogP contribution in [0.15, 0.2) is 18.2 Å². The lowest BCUT2D eigenvalue weighted by Crippen LogP contribution is -2.40. The molecule has 6 heteroatoms. The molecule has 1 unspecified atom stereocenters. The highest BCUT2D eigenvalue weighted by Crippen LogP contribution is 2.21. The number of ether oxygens (including phenoxy) is 2. The van der Waals surface area contributed by atoms with Gasteiger partial charge in [-0.1, -0.05) is 11.6 Å². The van der Waals surface area contributed by atoms with Gasteiger partial charge in [-0.2, -0.15) is 0 Å². The molecule has 1 amide bonds. The predicted molar refractivity (Wildman–Crippen MR) is 75.1 cm³/mol. The number of β-amino-alcohol motifs (C(OH)–C–C–N with tert-alkyl or cyclic N) is 1. The number of nitrogens with zero attached hydrogens (tertiary/aromatic N) is 1. The monoisotopic (exact) mass is 299 g/mol. The zero-order chi connectivity index (χ0) is 14.5. The van der Waals surface area contributed by atoms with Crippen LogP contribution < -0.4 is 4.74 Å². The number of aryl methyl sites for hydroxylation is 1. The summed E-state index contributed by atoms with van der Waals surface area (Å²) in [7, 11) is 0. The summed E-state index contributed by atoms with van der Waals surface area (Å²) >= 11 is 5.86. The van der Waals surface area contributed by atoms with Gasteiger partial charge >= 0.3 is 0 Å².